The monoisotopic (exact) mass is 294 g/mol. The summed E-state index contributed by atoms with van der Waals surface area (Å²) in [5.74, 6) is 0.199. The van der Waals surface area contributed by atoms with Gasteiger partial charge in [-0.25, -0.2) is 4.98 Å². The Morgan fingerprint density at radius 1 is 0.955 bits per heavy atom. The van der Waals surface area contributed by atoms with Crippen LogP contribution in [0, 0.1) is 5.95 Å². The van der Waals surface area contributed by atoms with Gasteiger partial charge >= 0.3 is 0 Å². The first kappa shape index (κ1) is 14.5. The molecule has 2 aromatic carbocycles. The summed E-state index contributed by atoms with van der Waals surface area (Å²) in [4.78, 5) is 4.17. The summed E-state index contributed by atoms with van der Waals surface area (Å²) >= 11 is 0. The number of unbranched alkanes of at least 4 members (excludes halogenated alkanes) is 1. The Hall–Kier alpha value is -2.42. The molecule has 0 saturated heterocycles. The summed E-state index contributed by atoms with van der Waals surface area (Å²) < 4.78 is 14.5. The highest BCUT2D eigenvalue weighted by Crippen LogP contribution is 2.29. The lowest BCUT2D eigenvalue weighted by atomic mass is 10.0. The van der Waals surface area contributed by atoms with Crippen molar-refractivity contribution < 1.29 is 4.39 Å². The molecule has 1 aromatic heterocycles. The van der Waals surface area contributed by atoms with Gasteiger partial charge in [0.25, 0.3) is 0 Å². The van der Waals surface area contributed by atoms with Gasteiger partial charge in [0.1, 0.15) is 5.82 Å². The average molecular weight is 294 g/mol. The highest BCUT2D eigenvalue weighted by atomic mass is 19.1. The number of aromatic nitrogens is 1. The highest BCUT2D eigenvalue weighted by Gasteiger charge is 2.13. The van der Waals surface area contributed by atoms with Gasteiger partial charge in [0.05, 0.1) is 0 Å². The largest absolute Gasteiger partial charge is 0.340 e. The lowest BCUT2D eigenvalue weighted by Gasteiger charge is -2.13. The summed E-state index contributed by atoms with van der Waals surface area (Å²) in [6.07, 6.45) is 2.73. The van der Waals surface area contributed by atoms with Crippen molar-refractivity contribution in [3.8, 4) is 0 Å². The van der Waals surface area contributed by atoms with E-state index >= 15 is 0 Å². The molecule has 22 heavy (non-hydrogen) atoms. The lowest BCUT2D eigenvalue weighted by Crippen LogP contribution is -2.02. The number of hydrogen-bond donors (Lipinski definition) is 1. The number of benzene rings is 2. The van der Waals surface area contributed by atoms with Crippen LogP contribution in [0.4, 0.5) is 15.9 Å². The number of pyridine rings is 1. The molecule has 1 heterocycles. The van der Waals surface area contributed by atoms with E-state index in [0.29, 0.717) is 5.82 Å². The molecule has 0 spiro atoms. The molecular weight excluding hydrogens is 275 g/mol. The van der Waals surface area contributed by atoms with Gasteiger partial charge in [-0.2, -0.15) is 4.39 Å². The van der Waals surface area contributed by atoms with Gasteiger partial charge in [-0.05, 0) is 30.4 Å². The third-order valence-corrected chi connectivity index (χ3v) is 3.78. The van der Waals surface area contributed by atoms with Crippen LogP contribution in [-0.4, -0.2) is 4.98 Å². The number of halogens is 1. The van der Waals surface area contributed by atoms with Gasteiger partial charge in [0.2, 0.25) is 5.95 Å². The Morgan fingerprint density at radius 3 is 2.36 bits per heavy atom. The predicted octanol–water partition coefficient (Wildman–Crippen LogP) is 5.46. The topological polar surface area (TPSA) is 24.9 Å². The zero-order valence-electron chi connectivity index (χ0n) is 12.6. The van der Waals surface area contributed by atoms with Crippen LogP contribution in [0.3, 0.4) is 0 Å². The second-order valence-electron chi connectivity index (χ2n) is 5.37. The predicted molar refractivity (Wildman–Crippen MR) is 90.0 cm³/mol. The van der Waals surface area contributed by atoms with E-state index in [2.05, 4.69) is 17.2 Å². The second kappa shape index (κ2) is 6.56. The van der Waals surface area contributed by atoms with Gasteiger partial charge in [-0.1, -0.05) is 55.8 Å². The van der Waals surface area contributed by atoms with Crippen molar-refractivity contribution >= 4 is 22.3 Å². The minimum Gasteiger partial charge on any atom is -0.340 e. The normalized spacial score (nSPS) is 10.8. The van der Waals surface area contributed by atoms with Gasteiger partial charge in [-0.15, -0.1) is 0 Å². The Morgan fingerprint density at radius 2 is 1.64 bits per heavy atom. The maximum absolute atomic E-state index is 14.5. The molecule has 0 aliphatic rings. The van der Waals surface area contributed by atoms with E-state index in [0.717, 1.165) is 41.3 Å². The SMILES string of the molecule is CCCCc1c(F)nc(Nc2ccccc2)c2ccccc12. The molecule has 0 radical (unpaired) electrons. The molecule has 2 nitrogen and oxygen atoms in total. The first-order valence-corrected chi connectivity index (χ1v) is 7.68. The van der Waals surface area contributed by atoms with E-state index in [4.69, 9.17) is 0 Å². The van der Waals surface area contributed by atoms with Crippen molar-refractivity contribution in [2.24, 2.45) is 0 Å². The first-order valence-electron chi connectivity index (χ1n) is 7.68. The van der Waals surface area contributed by atoms with Crippen LogP contribution in [0.2, 0.25) is 0 Å². The summed E-state index contributed by atoms with van der Waals surface area (Å²) in [6, 6.07) is 17.6. The van der Waals surface area contributed by atoms with Crippen LogP contribution in [0.1, 0.15) is 25.3 Å². The Balaban J connectivity index is 2.08. The quantitative estimate of drug-likeness (QED) is 0.632. The van der Waals surface area contributed by atoms with E-state index < -0.39 is 0 Å². The number of hydrogen-bond acceptors (Lipinski definition) is 2. The number of fused-ring (bicyclic) bond motifs is 1. The van der Waals surface area contributed by atoms with Crippen molar-refractivity contribution in [1.82, 2.24) is 4.98 Å². The zero-order valence-corrected chi connectivity index (χ0v) is 12.6. The summed E-state index contributed by atoms with van der Waals surface area (Å²) in [7, 11) is 0. The zero-order chi connectivity index (χ0) is 15.4. The molecule has 0 fully saturated rings. The molecule has 3 aromatic rings. The third kappa shape index (κ3) is 2.93. The minimum absolute atomic E-state index is 0.370. The van der Waals surface area contributed by atoms with Crippen molar-refractivity contribution in [1.29, 1.82) is 0 Å². The van der Waals surface area contributed by atoms with Gasteiger partial charge in [0.15, 0.2) is 0 Å². The van der Waals surface area contributed by atoms with E-state index in [1.165, 1.54) is 0 Å². The maximum atomic E-state index is 14.5. The molecule has 3 heteroatoms. The first-order chi connectivity index (χ1) is 10.8. The summed E-state index contributed by atoms with van der Waals surface area (Å²) in [6.45, 7) is 2.11. The second-order valence-corrected chi connectivity index (χ2v) is 5.37. The fourth-order valence-electron chi connectivity index (χ4n) is 2.63. The number of para-hydroxylation sites is 1. The van der Waals surface area contributed by atoms with Crippen LogP contribution in [0.15, 0.2) is 54.6 Å². The van der Waals surface area contributed by atoms with Crippen molar-refractivity contribution in [3.05, 3.63) is 66.1 Å². The van der Waals surface area contributed by atoms with Crippen LogP contribution >= 0.6 is 0 Å². The number of rotatable bonds is 5. The fourth-order valence-corrected chi connectivity index (χ4v) is 2.63. The molecule has 112 valence electrons. The van der Waals surface area contributed by atoms with Crippen LogP contribution in [0.5, 0.6) is 0 Å². The van der Waals surface area contributed by atoms with Gasteiger partial charge in [0, 0.05) is 16.6 Å². The molecule has 1 N–H and O–H groups in total. The van der Waals surface area contributed by atoms with E-state index in [1.54, 1.807) is 0 Å². The Kier molecular flexibility index (Phi) is 4.33. The lowest BCUT2D eigenvalue weighted by molar-refractivity contribution is 0.567. The van der Waals surface area contributed by atoms with E-state index in [9.17, 15) is 4.39 Å². The molecule has 3 rings (SSSR count). The van der Waals surface area contributed by atoms with Crippen molar-refractivity contribution in [2.45, 2.75) is 26.2 Å². The minimum atomic E-state index is -0.370. The van der Waals surface area contributed by atoms with Gasteiger partial charge < -0.3 is 5.32 Å². The Bertz CT molecular complexity index is 769. The molecule has 0 aliphatic carbocycles. The number of nitrogens with zero attached hydrogens (tertiary/aromatic N) is 1. The number of anilines is 2. The van der Waals surface area contributed by atoms with Crippen LogP contribution < -0.4 is 5.32 Å². The smallest absolute Gasteiger partial charge is 0.218 e. The Labute approximate surface area is 130 Å². The molecule has 0 saturated carbocycles. The van der Waals surface area contributed by atoms with Gasteiger partial charge in [-0.3, -0.25) is 0 Å². The third-order valence-electron chi connectivity index (χ3n) is 3.78. The molecule has 0 amide bonds. The average Bonchev–Trinajstić information content (AvgIpc) is 2.55. The van der Waals surface area contributed by atoms with Crippen LogP contribution in [0.25, 0.3) is 10.8 Å². The highest BCUT2D eigenvalue weighted by molar-refractivity contribution is 5.95. The molecule has 0 aliphatic heterocycles. The van der Waals surface area contributed by atoms with E-state index in [-0.39, 0.29) is 5.95 Å². The van der Waals surface area contributed by atoms with E-state index in [1.807, 2.05) is 54.6 Å². The fraction of sp³-hybridized carbons (Fsp3) is 0.211. The standard InChI is InChI=1S/C19H19FN2/c1-2-3-11-16-15-12-7-8-13-17(15)19(22-18(16)20)21-14-9-5-4-6-10-14/h4-10,12-13H,2-3,11H2,1H3,(H,21,22). The number of aryl methyl sites for hydroxylation is 1. The molecule has 0 atom stereocenters. The van der Waals surface area contributed by atoms with Crippen LogP contribution in [-0.2, 0) is 6.42 Å². The van der Waals surface area contributed by atoms with Crippen molar-refractivity contribution in [2.75, 3.05) is 5.32 Å². The molecule has 0 unspecified atom stereocenters. The summed E-state index contributed by atoms with van der Waals surface area (Å²) in [5, 5.41) is 5.12. The molecule has 0 bridgehead atoms. The van der Waals surface area contributed by atoms with Crippen molar-refractivity contribution in [3.63, 3.8) is 0 Å². The number of nitrogens with one attached hydrogen (secondary N) is 1. The summed E-state index contributed by atoms with van der Waals surface area (Å²) in [5.41, 5.74) is 1.62. The maximum Gasteiger partial charge on any atom is 0.218 e. The molecular formula is C19H19FN2.